The molecule has 2 aromatic carbocycles. The molecule has 7 rings (SSSR count). The van der Waals surface area contributed by atoms with Gasteiger partial charge in [0.1, 0.15) is 11.6 Å². The molecule has 0 unspecified atom stereocenters. The van der Waals surface area contributed by atoms with E-state index in [0.717, 1.165) is 82.3 Å². The molecule has 8 heteroatoms. The monoisotopic (exact) mass is 493 g/mol. The highest BCUT2D eigenvalue weighted by Crippen LogP contribution is 2.37. The lowest BCUT2D eigenvalue weighted by Crippen LogP contribution is -2.24. The van der Waals surface area contributed by atoms with E-state index in [-0.39, 0.29) is 11.9 Å². The van der Waals surface area contributed by atoms with Gasteiger partial charge in [0.2, 0.25) is 0 Å². The summed E-state index contributed by atoms with van der Waals surface area (Å²) in [7, 11) is 1.88. The van der Waals surface area contributed by atoms with Crippen molar-refractivity contribution >= 4 is 5.91 Å². The number of benzene rings is 2. The smallest absolute Gasteiger partial charge is 0.254 e. The van der Waals surface area contributed by atoms with E-state index in [0.29, 0.717) is 12.6 Å². The maximum absolute atomic E-state index is 13.5. The minimum absolute atomic E-state index is 0.0305. The quantitative estimate of drug-likeness (QED) is 0.334. The molecule has 5 heterocycles. The zero-order valence-electron chi connectivity index (χ0n) is 21.0. The Balaban J connectivity index is 1.23. The average molecular weight is 494 g/mol. The normalized spacial score (nSPS) is 21.2. The number of fused-ring (bicyclic) bond motifs is 3. The molecule has 3 aliphatic heterocycles. The van der Waals surface area contributed by atoms with Crippen LogP contribution in [0.1, 0.15) is 65.3 Å². The fraction of sp³-hybridized carbons (Fsp3) is 0.345. The van der Waals surface area contributed by atoms with E-state index in [1.807, 2.05) is 25.5 Å². The molecule has 37 heavy (non-hydrogen) atoms. The fourth-order valence-corrected chi connectivity index (χ4v) is 5.97. The van der Waals surface area contributed by atoms with Gasteiger partial charge >= 0.3 is 0 Å². The molecular formula is C29H31N7O. The first-order valence-corrected chi connectivity index (χ1v) is 13.2. The zero-order chi connectivity index (χ0) is 24.9. The first kappa shape index (κ1) is 22.4. The molecular weight excluding hydrogens is 462 g/mol. The van der Waals surface area contributed by atoms with Crippen LogP contribution in [0.5, 0.6) is 0 Å². The molecule has 0 bridgehead atoms. The lowest BCUT2D eigenvalue weighted by atomic mass is 9.93. The van der Waals surface area contributed by atoms with Crippen LogP contribution in [0.3, 0.4) is 0 Å². The van der Waals surface area contributed by atoms with Gasteiger partial charge in [0, 0.05) is 24.7 Å². The standard InChI is InChI=1S/C29H31N7O/c1-36-16-19-12-17(25-14-32-27(34-25)23-4-2-10-30-23)6-8-20(19)21-9-7-18(13-22(21)29(36)37)26-15-33-28(35-26)24-5-3-11-31-24/h6-9,12-15,23-24,30-31H,2-5,10-11,16H2,1H3,(H,32,34)(H,33,35)/t23-,24-/m0/s1. The van der Waals surface area contributed by atoms with E-state index < -0.39 is 0 Å². The Bertz CT molecular complexity index is 1470. The van der Waals surface area contributed by atoms with Gasteiger partial charge < -0.3 is 25.5 Å². The number of rotatable bonds is 4. The minimum atomic E-state index is 0.0305. The van der Waals surface area contributed by atoms with Crippen LogP contribution in [0, 0.1) is 0 Å². The van der Waals surface area contributed by atoms with Gasteiger partial charge in [-0.05, 0) is 73.2 Å². The van der Waals surface area contributed by atoms with Crippen LogP contribution >= 0.6 is 0 Å². The molecule has 0 aliphatic carbocycles. The molecule has 4 N–H and O–H groups in total. The summed E-state index contributed by atoms with van der Waals surface area (Å²) in [6.45, 7) is 2.62. The highest BCUT2D eigenvalue weighted by Gasteiger charge is 2.26. The van der Waals surface area contributed by atoms with Crippen LogP contribution in [0.25, 0.3) is 33.6 Å². The average Bonchev–Trinajstić information content (AvgIpc) is 3.74. The van der Waals surface area contributed by atoms with E-state index in [1.165, 1.54) is 12.8 Å². The number of amides is 1. The number of H-pyrrole nitrogens is 2. The van der Waals surface area contributed by atoms with Crippen LogP contribution in [0.4, 0.5) is 0 Å². The van der Waals surface area contributed by atoms with E-state index in [4.69, 9.17) is 0 Å². The topological polar surface area (TPSA) is 102 Å². The Morgan fingerprint density at radius 3 is 1.97 bits per heavy atom. The number of nitrogens with one attached hydrogen (secondary N) is 4. The minimum Gasteiger partial charge on any atom is -0.341 e. The number of carbonyl (C=O) groups is 1. The van der Waals surface area contributed by atoms with Gasteiger partial charge in [0.25, 0.3) is 5.91 Å². The van der Waals surface area contributed by atoms with Crippen LogP contribution in [0.15, 0.2) is 48.8 Å². The lowest BCUT2D eigenvalue weighted by molar-refractivity contribution is 0.0788. The van der Waals surface area contributed by atoms with Crippen molar-refractivity contribution in [2.75, 3.05) is 20.1 Å². The van der Waals surface area contributed by atoms with Gasteiger partial charge in [-0.15, -0.1) is 0 Å². The Kier molecular flexibility index (Phi) is 5.44. The van der Waals surface area contributed by atoms with Gasteiger partial charge in [-0.3, -0.25) is 4.79 Å². The van der Waals surface area contributed by atoms with Crippen molar-refractivity contribution in [1.82, 2.24) is 35.5 Å². The van der Waals surface area contributed by atoms with Crippen LogP contribution in [-0.4, -0.2) is 50.9 Å². The third kappa shape index (κ3) is 3.97. The number of imidazole rings is 2. The van der Waals surface area contributed by atoms with Gasteiger partial charge in [-0.1, -0.05) is 24.3 Å². The van der Waals surface area contributed by atoms with Crippen molar-refractivity contribution in [2.45, 2.75) is 44.3 Å². The molecule has 3 aliphatic rings. The molecule has 2 aromatic heterocycles. The number of aromatic amines is 2. The summed E-state index contributed by atoms with van der Waals surface area (Å²) in [5.74, 6) is 2.00. The summed E-state index contributed by atoms with van der Waals surface area (Å²) >= 11 is 0. The Morgan fingerprint density at radius 1 is 0.784 bits per heavy atom. The van der Waals surface area contributed by atoms with Crippen LogP contribution in [-0.2, 0) is 6.54 Å². The zero-order valence-corrected chi connectivity index (χ0v) is 21.0. The van der Waals surface area contributed by atoms with E-state index in [1.54, 1.807) is 4.90 Å². The summed E-state index contributed by atoms with van der Waals surface area (Å²) in [4.78, 5) is 31.5. The number of nitrogens with zero attached hydrogens (tertiary/aromatic N) is 3. The summed E-state index contributed by atoms with van der Waals surface area (Å²) in [6.07, 6.45) is 8.35. The summed E-state index contributed by atoms with van der Waals surface area (Å²) in [6, 6.07) is 13.2. The number of carbonyl (C=O) groups excluding carboxylic acids is 1. The van der Waals surface area contributed by atoms with Gasteiger partial charge in [0.05, 0.1) is 35.9 Å². The molecule has 0 spiro atoms. The van der Waals surface area contributed by atoms with Crippen molar-refractivity contribution in [2.24, 2.45) is 0 Å². The van der Waals surface area contributed by atoms with Crippen LogP contribution < -0.4 is 10.6 Å². The number of hydrogen-bond acceptors (Lipinski definition) is 5. The molecule has 2 fully saturated rings. The predicted molar refractivity (Wildman–Crippen MR) is 143 cm³/mol. The van der Waals surface area contributed by atoms with Crippen molar-refractivity contribution < 1.29 is 4.79 Å². The molecule has 0 saturated carbocycles. The molecule has 0 radical (unpaired) electrons. The second-order valence-corrected chi connectivity index (χ2v) is 10.5. The second kappa shape index (κ2) is 8.97. The summed E-state index contributed by atoms with van der Waals surface area (Å²) in [5, 5.41) is 6.99. The van der Waals surface area contributed by atoms with Gasteiger partial charge in [0.15, 0.2) is 0 Å². The summed E-state index contributed by atoms with van der Waals surface area (Å²) < 4.78 is 0. The fourth-order valence-electron chi connectivity index (χ4n) is 5.97. The highest BCUT2D eigenvalue weighted by atomic mass is 16.2. The van der Waals surface area contributed by atoms with Gasteiger partial charge in [-0.2, -0.15) is 0 Å². The molecule has 1 amide bonds. The Labute approximate surface area is 215 Å². The third-order valence-electron chi connectivity index (χ3n) is 7.99. The third-order valence-corrected chi connectivity index (χ3v) is 7.99. The molecule has 2 saturated heterocycles. The predicted octanol–water partition coefficient (Wildman–Crippen LogP) is 4.57. The summed E-state index contributed by atoms with van der Waals surface area (Å²) in [5.41, 5.74) is 7.92. The lowest BCUT2D eigenvalue weighted by Gasteiger charge is -2.15. The van der Waals surface area contributed by atoms with Gasteiger partial charge in [-0.25, -0.2) is 9.97 Å². The van der Waals surface area contributed by atoms with Crippen molar-refractivity contribution in [3.63, 3.8) is 0 Å². The maximum atomic E-state index is 13.5. The number of aromatic nitrogens is 4. The maximum Gasteiger partial charge on any atom is 0.254 e. The molecule has 4 aromatic rings. The molecule has 188 valence electrons. The van der Waals surface area contributed by atoms with E-state index in [2.05, 4.69) is 60.9 Å². The largest absolute Gasteiger partial charge is 0.341 e. The second-order valence-electron chi connectivity index (χ2n) is 10.5. The molecule has 8 nitrogen and oxygen atoms in total. The highest BCUT2D eigenvalue weighted by molar-refractivity contribution is 6.03. The van der Waals surface area contributed by atoms with Crippen LogP contribution in [0.2, 0.25) is 0 Å². The van der Waals surface area contributed by atoms with E-state index >= 15 is 0 Å². The SMILES string of the molecule is CN1Cc2cc(-c3cnc([C@@H]4CCCN4)[nH]3)ccc2-c2ccc(-c3cnc([C@@H]4CCCN4)[nH]3)cc2C1=O. The van der Waals surface area contributed by atoms with Crippen molar-refractivity contribution in [3.05, 3.63) is 71.6 Å². The molecule has 2 atom stereocenters. The first-order valence-electron chi connectivity index (χ1n) is 13.2. The Morgan fingerprint density at radius 2 is 1.38 bits per heavy atom. The Hall–Kier alpha value is -3.75. The van der Waals surface area contributed by atoms with Crippen molar-refractivity contribution in [1.29, 1.82) is 0 Å². The number of hydrogen-bond donors (Lipinski definition) is 4. The van der Waals surface area contributed by atoms with Crippen molar-refractivity contribution in [3.8, 4) is 33.6 Å². The first-order chi connectivity index (χ1) is 18.1. The van der Waals surface area contributed by atoms with E-state index in [9.17, 15) is 4.79 Å².